The molecule has 0 fully saturated rings. The number of likely N-dealkylation sites (N-methyl/N-ethyl adjacent to an activating group) is 1. The smallest absolute Gasteiger partial charge is 0.264 e. The lowest BCUT2D eigenvalue weighted by Crippen LogP contribution is -2.50. The predicted octanol–water partition coefficient (Wildman–Crippen LogP) is 4.11. The molecular formula is C28H32FN3O4S. The summed E-state index contributed by atoms with van der Waals surface area (Å²) in [7, 11) is -2.66. The first-order valence-electron chi connectivity index (χ1n) is 11.9. The van der Waals surface area contributed by atoms with Gasteiger partial charge in [-0.05, 0) is 80.8 Å². The average Bonchev–Trinajstić information content (AvgIpc) is 2.87. The summed E-state index contributed by atoms with van der Waals surface area (Å²) < 4.78 is 42.1. The van der Waals surface area contributed by atoms with Gasteiger partial charge < -0.3 is 10.2 Å². The number of amides is 2. The van der Waals surface area contributed by atoms with Crippen LogP contribution in [-0.4, -0.2) is 44.8 Å². The first-order valence-corrected chi connectivity index (χ1v) is 13.3. The lowest BCUT2D eigenvalue weighted by atomic mass is 10.1. The van der Waals surface area contributed by atoms with Gasteiger partial charge in [0.05, 0.1) is 10.6 Å². The minimum Gasteiger partial charge on any atom is -0.357 e. The Labute approximate surface area is 218 Å². The van der Waals surface area contributed by atoms with Crippen molar-refractivity contribution in [1.29, 1.82) is 0 Å². The summed E-state index contributed by atoms with van der Waals surface area (Å²) in [6.07, 6.45) is 0. The summed E-state index contributed by atoms with van der Waals surface area (Å²) in [6, 6.07) is 16.3. The van der Waals surface area contributed by atoms with E-state index in [9.17, 15) is 22.4 Å². The molecule has 9 heteroatoms. The molecular weight excluding hydrogens is 493 g/mol. The number of hydrogen-bond acceptors (Lipinski definition) is 4. The summed E-state index contributed by atoms with van der Waals surface area (Å²) in [5.74, 6) is -1.41. The lowest BCUT2D eigenvalue weighted by Gasteiger charge is -2.32. The van der Waals surface area contributed by atoms with E-state index in [0.29, 0.717) is 11.3 Å². The highest BCUT2D eigenvalue weighted by Crippen LogP contribution is 2.27. The first-order chi connectivity index (χ1) is 17.4. The van der Waals surface area contributed by atoms with Crippen molar-refractivity contribution in [3.05, 3.63) is 94.8 Å². The van der Waals surface area contributed by atoms with Crippen LogP contribution < -0.4 is 9.62 Å². The molecule has 0 radical (unpaired) electrons. The SMILES string of the molecule is CNC(=O)[C@@H](C)N(Cc1ccc(F)cc1)C(=O)CN(c1ccc(C)c(C)c1)S(=O)(=O)c1ccc(C)cc1. The van der Waals surface area contributed by atoms with Crippen molar-refractivity contribution in [3.8, 4) is 0 Å². The van der Waals surface area contributed by atoms with Crippen LogP contribution >= 0.6 is 0 Å². The molecule has 3 aromatic rings. The van der Waals surface area contributed by atoms with E-state index >= 15 is 0 Å². The van der Waals surface area contributed by atoms with E-state index in [4.69, 9.17) is 0 Å². The molecule has 0 bridgehead atoms. The molecule has 37 heavy (non-hydrogen) atoms. The number of carbonyl (C=O) groups is 2. The molecule has 0 aliphatic carbocycles. The third-order valence-corrected chi connectivity index (χ3v) is 8.13. The molecule has 3 aromatic carbocycles. The Hall–Kier alpha value is -3.72. The van der Waals surface area contributed by atoms with Gasteiger partial charge in [0.1, 0.15) is 18.4 Å². The van der Waals surface area contributed by atoms with Gasteiger partial charge in [-0.1, -0.05) is 35.9 Å². The Morgan fingerprint density at radius 2 is 1.54 bits per heavy atom. The monoisotopic (exact) mass is 525 g/mol. The number of rotatable bonds is 9. The fourth-order valence-corrected chi connectivity index (χ4v) is 5.23. The van der Waals surface area contributed by atoms with E-state index in [-0.39, 0.29) is 11.4 Å². The Balaban J connectivity index is 2.05. The van der Waals surface area contributed by atoms with Crippen LogP contribution in [0.2, 0.25) is 0 Å². The zero-order valence-corrected chi connectivity index (χ0v) is 22.5. The van der Waals surface area contributed by atoms with Crippen molar-refractivity contribution >= 4 is 27.5 Å². The van der Waals surface area contributed by atoms with E-state index in [1.807, 2.05) is 20.8 Å². The van der Waals surface area contributed by atoms with Gasteiger partial charge >= 0.3 is 0 Å². The summed E-state index contributed by atoms with van der Waals surface area (Å²) >= 11 is 0. The molecule has 7 nitrogen and oxygen atoms in total. The number of halogens is 1. The first kappa shape index (κ1) is 27.9. The number of carbonyl (C=O) groups excluding carboxylic acids is 2. The topological polar surface area (TPSA) is 86.8 Å². The van der Waals surface area contributed by atoms with E-state index < -0.39 is 40.2 Å². The fraction of sp³-hybridized carbons (Fsp3) is 0.286. The number of nitrogens with zero attached hydrogens (tertiary/aromatic N) is 2. The van der Waals surface area contributed by atoms with Gasteiger partial charge in [0.25, 0.3) is 10.0 Å². The van der Waals surface area contributed by atoms with Crippen LogP contribution in [0.1, 0.15) is 29.2 Å². The molecule has 196 valence electrons. The zero-order chi connectivity index (χ0) is 27.3. The Morgan fingerprint density at radius 3 is 2.11 bits per heavy atom. The molecule has 0 saturated heterocycles. The lowest BCUT2D eigenvalue weighted by molar-refractivity contribution is -0.139. The van der Waals surface area contributed by atoms with E-state index in [2.05, 4.69) is 5.32 Å². The van der Waals surface area contributed by atoms with Gasteiger partial charge in [-0.2, -0.15) is 0 Å². The molecule has 0 spiro atoms. The number of nitrogens with one attached hydrogen (secondary N) is 1. The van der Waals surface area contributed by atoms with Crippen LogP contribution in [-0.2, 0) is 26.2 Å². The van der Waals surface area contributed by atoms with Crippen molar-refractivity contribution in [2.75, 3.05) is 17.9 Å². The second-order valence-corrected chi connectivity index (χ2v) is 10.9. The van der Waals surface area contributed by atoms with Crippen LogP contribution in [0.15, 0.2) is 71.6 Å². The van der Waals surface area contributed by atoms with E-state index in [0.717, 1.165) is 21.0 Å². The molecule has 2 amide bonds. The van der Waals surface area contributed by atoms with Gasteiger partial charge in [0.15, 0.2) is 0 Å². The number of sulfonamides is 1. The van der Waals surface area contributed by atoms with Crippen molar-refractivity contribution in [2.45, 2.75) is 45.2 Å². The number of anilines is 1. The maximum atomic E-state index is 13.8. The van der Waals surface area contributed by atoms with Crippen LogP contribution in [0.25, 0.3) is 0 Å². The standard InChI is InChI=1S/C28H32FN3O4S/c1-19-6-14-26(15-7-19)37(35,36)32(25-13-8-20(2)21(3)16-25)18-27(33)31(22(4)28(34)30-5)17-23-9-11-24(29)12-10-23/h6-16,22H,17-18H2,1-5H3,(H,30,34)/t22-/m1/s1. The summed E-state index contributed by atoms with van der Waals surface area (Å²) in [5.41, 5.74) is 3.69. The van der Waals surface area contributed by atoms with Gasteiger partial charge in [-0.25, -0.2) is 12.8 Å². The molecule has 0 saturated carbocycles. The number of aryl methyl sites for hydroxylation is 3. The Kier molecular flexibility index (Phi) is 8.70. The largest absolute Gasteiger partial charge is 0.357 e. The minimum absolute atomic E-state index is 0.000947. The van der Waals surface area contributed by atoms with E-state index in [1.165, 1.54) is 48.3 Å². The molecule has 1 atom stereocenters. The predicted molar refractivity (Wildman–Crippen MR) is 142 cm³/mol. The highest BCUT2D eigenvalue weighted by molar-refractivity contribution is 7.92. The van der Waals surface area contributed by atoms with Crippen molar-refractivity contribution in [2.24, 2.45) is 0 Å². The quantitative estimate of drug-likeness (QED) is 0.456. The second-order valence-electron chi connectivity index (χ2n) is 9.03. The summed E-state index contributed by atoms with van der Waals surface area (Å²) in [5, 5.41) is 2.53. The highest BCUT2D eigenvalue weighted by atomic mass is 32.2. The van der Waals surface area contributed by atoms with Crippen molar-refractivity contribution in [1.82, 2.24) is 10.2 Å². The Morgan fingerprint density at radius 1 is 0.919 bits per heavy atom. The van der Waals surface area contributed by atoms with Gasteiger partial charge in [0.2, 0.25) is 11.8 Å². The zero-order valence-electron chi connectivity index (χ0n) is 21.7. The molecule has 0 aromatic heterocycles. The second kappa shape index (κ2) is 11.6. The van der Waals surface area contributed by atoms with Crippen LogP contribution in [0.5, 0.6) is 0 Å². The third-order valence-electron chi connectivity index (χ3n) is 6.35. The highest BCUT2D eigenvalue weighted by Gasteiger charge is 2.32. The molecule has 0 aliphatic rings. The number of benzene rings is 3. The molecule has 3 rings (SSSR count). The van der Waals surface area contributed by atoms with Crippen LogP contribution in [0.3, 0.4) is 0 Å². The Bertz CT molecular complexity index is 1370. The normalized spacial score (nSPS) is 12.1. The van der Waals surface area contributed by atoms with Crippen molar-refractivity contribution < 1.29 is 22.4 Å². The molecule has 1 N–H and O–H groups in total. The van der Waals surface area contributed by atoms with Crippen LogP contribution in [0.4, 0.5) is 10.1 Å². The van der Waals surface area contributed by atoms with Crippen LogP contribution in [0, 0.1) is 26.6 Å². The van der Waals surface area contributed by atoms with Gasteiger partial charge in [-0.15, -0.1) is 0 Å². The maximum Gasteiger partial charge on any atom is 0.264 e. The molecule has 0 heterocycles. The average molecular weight is 526 g/mol. The summed E-state index contributed by atoms with van der Waals surface area (Å²) in [4.78, 5) is 27.5. The van der Waals surface area contributed by atoms with Gasteiger partial charge in [0, 0.05) is 13.6 Å². The minimum atomic E-state index is -4.12. The third kappa shape index (κ3) is 6.54. The summed E-state index contributed by atoms with van der Waals surface area (Å²) in [6.45, 7) is 6.67. The van der Waals surface area contributed by atoms with E-state index in [1.54, 1.807) is 37.3 Å². The van der Waals surface area contributed by atoms with Gasteiger partial charge in [-0.3, -0.25) is 13.9 Å². The maximum absolute atomic E-state index is 13.8. The number of hydrogen-bond donors (Lipinski definition) is 1. The fourth-order valence-electron chi connectivity index (χ4n) is 3.82. The molecule has 0 unspecified atom stereocenters. The molecule has 0 aliphatic heterocycles. The van der Waals surface area contributed by atoms with Crippen molar-refractivity contribution in [3.63, 3.8) is 0 Å².